The van der Waals surface area contributed by atoms with Crippen LogP contribution in [0.25, 0.3) is 0 Å². The maximum Gasteiger partial charge on any atom is 0.460 e. The van der Waals surface area contributed by atoms with Gasteiger partial charge in [-0.15, -0.1) is 11.8 Å². The molecule has 0 radical (unpaired) electrons. The topological polar surface area (TPSA) is 178 Å². The van der Waals surface area contributed by atoms with Crippen LogP contribution in [0, 0.1) is 25.2 Å². The van der Waals surface area contributed by atoms with Crippen molar-refractivity contribution in [1.82, 2.24) is 15.1 Å². The number of nitrogens with one attached hydrogen (secondary N) is 1. The molecular weight excluding hydrogens is 926 g/mol. The van der Waals surface area contributed by atoms with Crippen LogP contribution in [0.5, 0.6) is 40.2 Å². The summed E-state index contributed by atoms with van der Waals surface area (Å²) >= 11 is 1.19. The summed E-state index contributed by atoms with van der Waals surface area (Å²) in [6, 6.07) is 2.67. The molecule has 3 aromatic carbocycles. The van der Waals surface area contributed by atoms with Gasteiger partial charge in [0.1, 0.15) is 18.4 Å². The lowest BCUT2D eigenvalue weighted by molar-refractivity contribution is -0.346. The van der Waals surface area contributed by atoms with Gasteiger partial charge in [0.05, 0.1) is 37.6 Å². The maximum absolute atomic E-state index is 15.0. The van der Waals surface area contributed by atoms with Crippen molar-refractivity contribution < 1.29 is 83.4 Å². The van der Waals surface area contributed by atoms with Gasteiger partial charge in [-0.3, -0.25) is 19.9 Å². The highest BCUT2D eigenvalue weighted by atomic mass is 32.2. The van der Waals surface area contributed by atoms with Crippen molar-refractivity contribution in [2.75, 3.05) is 47.0 Å². The SMILES string of the molecule is COc1cc2c(cc1OC(=O)C(F)(F)C(F)(F)C(F)(F)F)CCN[C@]21CS[C@@H]2c3c(OC(C)=O)c(C)c4c(c3[C@H](COC1=O)N1C2[C@H]2c3c(cc(C)c(OC)c3O)C[C@@H]([C@@H]1C#N)N2C)OCO4. The molecule has 2 N–H and O–H groups in total. The van der Waals surface area contributed by atoms with Crippen LogP contribution in [0.2, 0.25) is 0 Å². The number of carbonyl (C=O) groups excluding carboxylic acids is 3. The van der Waals surface area contributed by atoms with Gasteiger partial charge < -0.3 is 38.3 Å². The number of phenolic OH excluding ortho intramolecular Hbond substituents is 1. The van der Waals surface area contributed by atoms with Gasteiger partial charge in [0.25, 0.3) is 0 Å². The number of alkyl halides is 7. The van der Waals surface area contributed by atoms with Crippen molar-refractivity contribution in [2.24, 2.45) is 0 Å². The van der Waals surface area contributed by atoms with E-state index < -0.39 is 95.0 Å². The molecular formula is C44H41F7N4O11S. The summed E-state index contributed by atoms with van der Waals surface area (Å²) in [7, 11) is 4.27. The summed E-state index contributed by atoms with van der Waals surface area (Å²) in [6.45, 7) is 4.03. The number of fused-ring (bicyclic) bond motifs is 9. The van der Waals surface area contributed by atoms with Crippen LogP contribution in [-0.2, 0) is 37.5 Å². The molecule has 15 nitrogen and oxygen atoms in total. The van der Waals surface area contributed by atoms with Crippen molar-refractivity contribution >= 4 is 29.7 Å². The number of ether oxygens (including phenoxy) is 7. The van der Waals surface area contributed by atoms with Gasteiger partial charge in [0.2, 0.25) is 6.79 Å². The number of benzene rings is 3. The minimum Gasteiger partial charge on any atom is -0.504 e. The Balaban J connectivity index is 1.24. The van der Waals surface area contributed by atoms with E-state index in [0.29, 0.717) is 34.2 Å². The third-order valence-corrected chi connectivity index (χ3v) is 15.1. The number of hydrogen-bond donors (Lipinski definition) is 2. The smallest absolute Gasteiger partial charge is 0.460 e. The van der Waals surface area contributed by atoms with Crippen LogP contribution in [-0.4, -0.2) is 116 Å². The fourth-order valence-electron chi connectivity index (χ4n) is 10.7. The van der Waals surface area contributed by atoms with Crippen molar-refractivity contribution in [3.63, 3.8) is 0 Å². The van der Waals surface area contributed by atoms with Crippen LogP contribution in [0.15, 0.2) is 18.2 Å². The molecule has 1 spiro atoms. The predicted molar refractivity (Wildman–Crippen MR) is 218 cm³/mol. The molecule has 0 amide bonds. The molecule has 67 heavy (non-hydrogen) atoms. The summed E-state index contributed by atoms with van der Waals surface area (Å²) in [4.78, 5) is 44.4. The molecule has 7 heterocycles. The highest BCUT2D eigenvalue weighted by Crippen LogP contribution is 2.65. The number of esters is 3. The van der Waals surface area contributed by atoms with E-state index in [0.717, 1.165) is 24.8 Å². The zero-order valence-corrected chi connectivity index (χ0v) is 37.2. The number of methoxy groups -OCH3 is 2. The Morgan fingerprint density at radius 2 is 1.67 bits per heavy atom. The maximum atomic E-state index is 15.0. The number of aromatic hydroxyl groups is 1. The van der Waals surface area contributed by atoms with E-state index in [2.05, 4.69) is 16.1 Å². The minimum atomic E-state index is -6.81. The first-order chi connectivity index (χ1) is 31.6. The number of nitrogens with zero attached hydrogens (tertiary/aromatic N) is 3. The molecule has 7 aliphatic heterocycles. The Hall–Kier alpha value is -5.70. The van der Waals surface area contributed by atoms with Gasteiger partial charge in [0, 0.05) is 53.6 Å². The molecule has 3 aromatic rings. The zero-order chi connectivity index (χ0) is 48.4. The number of hydrogen-bond acceptors (Lipinski definition) is 16. The summed E-state index contributed by atoms with van der Waals surface area (Å²) in [5.74, 6) is -18.8. The number of rotatable bonds is 6. The van der Waals surface area contributed by atoms with Crippen LogP contribution < -0.4 is 33.7 Å². The summed E-state index contributed by atoms with van der Waals surface area (Å²) < 4.78 is 136. The Morgan fingerprint density at radius 3 is 2.33 bits per heavy atom. The van der Waals surface area contributed by atoms with Gasteiger partial charge in [-0.2, -0.15) is 36.0 Å². The van der Waals surface area contributed by atoms with Gasteiger partial charge in [0.15, 0.2) is 40.0 Å². The summed E-state index contributed by atoms with van der Waals surface area (Å²) in [5, 5.41) is 25.6. The first-order valence-corrected chi connectivity index (χ1v) is 21.8. The van der Waals surface area contributed by atoms with Crippen LogP contribution in [0.3, 0.4) is 0 Å². The molecule has 4 bridgehead atoms. The normalized spacial score (nSPS) is 26.6. The number of halogens is 7. The number of phenols is 1. The second-order valence-electron chi connectivity index (χ2n) is 17.1. The Labute approximate surface area is 381 Å². The van der Waals surface area contributed by atoms with E-state index in [1.54, 1.807) is 13.8 Å². The number of aryl methyl sites for hydroxylation is 1. The van der Waals surface area contributed by atoms with Gasteiger partial charge in [-0.05, 0) is 68.1 Å². The Kier molecular flexibility index (Phi) is 11.0. The highest BCUT2D eigenvalue weighted by Gasteiger charge is 2.77. The van der Waals surface area contributed by atoms with Crippen molar-refractivity contribution in [3.8, 4) is 46.3 Å². The number of likely N-dealkylation sites (N-methyl/N-ethyl adjacent to an activating group) is 1. The van der Waals surface area contributed by atoms with Gasteiger partial charge >= 0.3 is 35.9 Å². The quantitative estimate of drug-likeness (QED) is 0.166. The van der Waals surface area contributed by atoms with Crippen molar-refractivity contribution in [2.45, 2.75) is 92.6 Å². The van der Waals surface area contributed by atoms with E-state index in [9.17, 15) is 55.5 Å². The lowest BCUT2D eigenvalue weighted by Gasteiger charge is -2.62. The van der Waals surface area contributed by atoms with Crippen molar-refractivity contribution in [3.05, 3.63) is 62.7 Å². The molecule has 0 aromatic heterocycles. The zero-order valence-electron chi connectivity index (χ0n) is 36.4. The van der Waals surface area contributed by atoms with E-state index in [4.69, 9.17) is 28.4 Å². The molecule has 0 saturated carbocycles. The highest BCUT2D eigenvalue weighted by molar-refractivity contribution is 7.99. The molecule has 10 rings (SSSR count). The molecule has 1 unspecified atom stereocenters. The average Bonchev–Trinajstić information content (AvgIpc) is 3.76. The lowest BCUT2D eigenvalue weighted by Crippen LogP contribution is -2.69. The van der Waals surface area contributed by atoms with Gasteiger partial charge in [-0.1, -0.05) is 6.07 Å². The average molecular weight is 967 g/mol. The Bertz CT molecular complexity index is 2680. The molecule has 23 heteroatoms. The van der Waals surface area contributed by atoms with Crippen LogP contribution >= 0.6 is 11.8 Å². The third kappa shape index (κ3) is 6.59. The van der Waals surface area contributed by atoms with Crippen molar-refractivity contribution in [1.29, 1.82) is 5.26 Å². The number of carbonyl (C=O) groups is 3. The second kappa shape index (κ2) is 16.0. The van der Waals surface area contributed by atoms with Crippen LogP contribution in [0.4, 0.5) is 30.7 Å². The second-order valence-corrected chi connectivity index (χ2v) is 18.2. The summed E-state index contributed by atoms with van der Waals surface area (Å²) in [5.41, 5.74) is 1.67. The Morgan fingerprint density at radius 1 is 0.955 bits per heavy atom. The third-order valence-electron chi connectivity index (χ3n) is 13.6. The van der Waals surface area contributed by atoms with Gasteiger partial charge in [-0.25, -0.2) is 9.59 Å². The van der Waals surface area contributed by atoms with E-state index in [1.807, 2.05) is 22.9 Å². The molecule has 0 aliphatic carbocycles. The van der Waals surface area contributed by atoms with Crippen LogP contribution in [0.1, 0.15) is 68.8 Å². The number of nitriles is 1. The minimum absolute atomic E-state index is 0.00133. The number of thioether (sulfide) groups is 1. The van der Waals surface area contributed by atoms with E-state index in [1.165, 1.54) is 25.8 Å². The molecule has 7 aliphatic rings. The largest absolute Gasteiger partial charge is 0.504 e. The fraction of sp³-hybridized carbons (Fsp3) is 0.500. The van der Waals surface area contributed by atoms with E-state index in [-0.39, 0.29) is 65.4 Å². The molecule has 358 valence electrons. The summed E-state index contributed by atoms with van der Waals surface area (Å²) in [6.07, 6.45) is -6.47. The monoisotopic (exact) mass is 966 g/mol. The first kappa shape index (κ1) is 46.4. The molecule has 2 saturated heterocycles. The lowest BCUT2D eigenvalue weighted by atomic mass is 9.71. The van der Waals surface area contributed by atoms with E-state index >= 15 is 0 Å². The standard InChI is InChI=1S/C44H41F7N4O11S/c1-17-9-21-10-23-24(13-52)55-25-14-62-39(58)41(22-12-26(60-5)27(11-20(22)7-8-53-41)66-40(59)42(45,46)43(47,48)44(49,50)51)15-67-38(32(55)31(54(23)4)28(21)33(57)34(17)61-6)30-29(25)37-36(63-16-64-37)18(2)35(30)65-19(3)56/h9,11-12,23-25,31-32,38,53,57H,7-8,10,14-16H2,1-6H3/t23-,24-,25-,31+,32?,38+,41+/m0/s1. The first-order valence-electron chi connectivity index (χ1n) is 20.8. The fourth-order valence-corrected chi connectivity index (χ4v) is 12.4. The predicted octanol–water partition coefficient (Wildman–Crippen LogP) is 6.02. The molecule has 7 atom stereocenters. The molecule has 2 fully saturated rings. The number of piperazine rings is 1.